The minimum atomic E-state index is 0.724. The van der Waals surface area contributed by atoms with E-state index < -0.39 is 0 Å². The van der Waals surface area contributed by atoms with E-state index in [1.165, 1.54) is 38.8 Å². The maximum Gasteiger partial charge on any atom is 0.00385 e. The van der Waals surface area contributed by atoms with Crippen molar-refractivity contribution >= 4 is 0 Å². The maximum atomic E-state index is 2.58. The van der Waals surface area contributed by atoms with Crippen LogP contribution in [-0.2, 0) is 0 Å². The molecule has 0 aliphatic rings. The zero-order valence-corrected chi connectivity index (χ0v) is 9.27. The van der Waals surface area contributed by atoms with Crippen molar-refractivity contribution in [3.63, 3.8) is 0 Å². The molecular weight excluding hydrogens is 146 g/mol. The summed E-state index contributed by atoms with van der Waals surface area (Å²) >= 11 is 0. The summed E-state index contributed by atoms with van der Waals surface area (Å²) in [6.45, 7) is 11.7. The van der Waals surface area contributed by atoms with Crippen LogP contribution in [-0.4, -0.2) is 24.0 Å². The van der Waals surface area contributed by atoms with Gasteiger partial charge in [-0.15, -0.1) is 0 Å². The summed E-state index contributed by atoms with van der Waals surface area (Å²) in [5.74, 6) is 0. The Bertz CT molecular complexity index is 89.0. The van der Waals surface area contributed by atoms with Crippen LogP contribution in [0.4, 0.5) is 0 Å². The van der Waals surface area contributed by atoms with Crippen LogP contribution in [0.3, 0.4) is 0 Å². The van der Waals surface area contributed by atoms with Gasteiger partial charge in [0.25, 0.3) is 0 Å². The number of unbranched alkanes of at least 4 members (excludes halogenated alkanes) is 2. The van der Waals surface area contributed by atoms with Gasteiger partial charge in [0, 0.05) is 6.04 Å². The Kier molecular flexibility index (Phi) is 7.58. The average Bonchev–Trinajstić information content (AvgIpc) is 2.03. The van der Waals surface area contributed by atoms with Crippen molar-refractivity contribution in [3.05, 3.63) is 0 Å². The molecule has 12 heavy (non-hydrogen) atoms. The van der Waals surface area contributed by atoms with E-state index in [0.29, 0.717) is 0 Å². The Morgan fingerprint density at radius 2 is 1.58 bits per heavy atom. The molecular formula is C11H25N. The van der Waals surface area contributed by atoms with Crippen LogP contribution in [0.1, 0.15) is 53.4 Å². The molecule has 0 aliphatic heterocycles. The van der Waals surface area contributed by atoms with E-state index in [1.54, 1.807) is 0 Å². The molecule has 0 fully saturated rings. The molecule has 0 heterocycles. The third kappa shape index (κ3) is 5.59. The standard InChI is InChI=1S/C11H25N/c1-5-7-8-10-12(9-6-2)11(3)4/h11H,5-10H2,1-4H3. The summed E-state index contributed by atoms with van der Waals surface area (Å²) in [4.78, 5) is 2.58. The molecule has 0 aromatic heterocycles. The topological polar surface area (TPSA) is 3.24 Å². The lowest BCUT2D eigenvalue weighted by atomic mass is 10.2. The monoisotopic (exact) mass is 171 g/mol. The average molecular weight is 171 g/mol. The molecule has 0 saturated heterocycles. The van der Waals surface area contributed by atoms with E-state index in [1.807, 2.05) is 0 Å². The Hall–Kier alpha value is -0.0400. The zero-order valence-electron chi connectivity index (χ0n) is 9.27. The largest absolute Gasteiger partial charge is 0.301 e. The molecule has 0 atom stereocenters. The zero-order chi connectivity index (χ0) is 9.40. The van der Waals surface area contributed by atoms with Crippen molar-refractivity contribution in [2.45, 2.75) is 59.4 Å². The SMILES string of the molecule is CCCCCN(CCC)C(C)C. The third-order valence-electron chi connectivity index (χ3n) is 2.29. The predicted octanol–water partition coefficient (Wildman–Crippen LogP) is 3.30. The van der Waals surface area contributed by atoms with Gasteiger partial charge in [0.15, 0.2) is 0 Å². The second-order valence-electron chi connectivity index (χ2n) is 3.84. The second-order valence-corrected chi connectivity index (χ2v) is 3.84. The summed E-state index contributed by atoms with van der Waals surface area (Å²) in [5, 5.41) is 0. The molecule has 0 radical (unpaired) electrons. The molecule has 0 aliphatic carbocycles. The fourth-order valence-electron chi connectivity index (χ4n) is 1.48. The van der Waals surface area contributed by atoms with E-state index in [2.05, 4.69) is 32.6 Å². The van der Waals surface area contributed by atoms with E-state index >= 15 is 0 Å². The van der Waals surface area contributed by atoms with Gasteiger partial charge in [0.1, 0.15) is 0 Å². The Labute approximate surface area is 78.1 Å². The lowest BCUT2D eigenvalue weighted by Crippen LogP contribution is -2.32. The Morgan fingerprint density at radius 1 is 0.917 bits per heavy atom. The van der Waals surface area contributed by atoms with E-state index in [4.69, 9.17) is 0 Å². The summed E-state index contributed by atoms with van der Waals surface area (Å²) < 4.78 is 0. The highest BCUT2D eigenvalue weighted by Gasteiger charge is 2.06. The molecule has 0 amide bonds. The molecule has 0 aromatic rings. The molecule has 0 saturated carbocycles. The highest BCUT2D eigenvalue weighted by atomic mass is 15.1. The van der Waals surface area contributed by atoms with Crippen molar-refractivity contribution in [1.82, 2.24) is 4.90 Å². The van der Waals surface area contributed by atoms with Crippen LogP contribution in [0.15, 0.2) is 0 Å². The third-order valence-corrected chi connectivity index (χ3v) is 2.29. The van der Waals surface area contributed by atoms with Gasteiger partial charge in [-0.3, -0.25) is 0 Å². The van der Waals surface area contributed by atoms with Crippen LogP contribution >= 0.6 is 0 Å². The molecule has 1 nitrogen and oxygen atoms in total. The lowest BCUT2D eigenvalue weighted by molar-refractivity contribution is 0.217. The minimum Gasteiger partial charge on any atom is -0.301 e. The number of rotatable bonds is 7. The summed E-state index contributed by atoms with van der Waals surface area (Å²) in [6.07, 6.45) is 5.37. The molecule has 0 rings (SSSR count). The first-order valence-corrected chi connectivity index (χ1v) is 5.46. The summed E-state index contributed by atoms with van der Waals surface area (Å²) in [5.41, 5.74) is 0. The lowest BCUT2D eigenvalue weighted by Gasteiger charge is -2.25. The maximum absolute atomic E-state index is 2.58. The first-order chi connectivity index (χ1) is 5.72. The van der Waals surface area contributed by atoms with Gasteiger partial charge in [-0.1, -0.05) is 26.7 Å². The van der Waals surface area contributed by atoms with Gasteiger partial charge in [-0.2, -0.15) is 0 Å². The first kappa shape index (κ1) is 12.0. The van der Waals surface area contributed by atoms with Gasteiger partial charge >= 0.3 is 0 Å². The van der Waals surface area contributed by atoms with E-state index in [9.17, 15) is 0 Å². The van der Waals surface area contributed by atoms with Crippen LogP contribution in [0.25, 0.3) is 0 Å². The Morgan fingerprint density at radius 3 is 2.00 bits per heavy atom. The summed E-state index contributed by atoms with van der Waals surface area (Å²) in [6, 6.07) is 0.724. The van der Waals surface area contributed by atoms with Crippen LogP contribution in [0.2, 0.25) is 0 Å². The van der Waals surface area contributed by atoms with Crippen molar-refractivity contribution < 1.29 is 0 Å². The van der Waals surface area contributed by atoms with E-state index in [0.717, 1.165) is 6.04 Å². The highest BCUT2D eigenvalue weighted by Crippen LogP contribution is 2.03. The van der Waals surface area contributed by atoms with E-state index in [-0.39, 0.29) is 0 Å². The van der Waals surface area contributed by atoms with Crippen molar-refractivity contribution in [2.24, 2.45) is 0 Å². The van der Waals surface area contributed by atoms with Gasteiger partial charge in [-0.25, -0.2) is 0 Å². The smallest absolute Gasteiger partial charge is 0.00385 e. The van der Waals surface area contributed by atoms with Gasteiger partial charge in [0.2, 0.25) is 0 Å². The summed E-state index contributed by atoms with van der Waals surface area (Å²) in [7, 11) is 0. The van der Waals surface area contributed by atoms with Crippen molar-refractivity contribution in [2.75, 3.05) is 13.1 Å². The normalized spacial score (nSPS) is 11.5. The fourth-order valence-corrected chi connectivity index (χ4v) is 1.48. The molecule has 74 valence electrons. The molecule has 0 aromatic carbocycles. The highest BCUT2D eigenvalue weighted by molar-refractivity contribution is 4.61. The molecule has 0 N–H and O–H groups in total. The number of nitrogens with zero attached hydrogens (tertiary/aromatic N) is 1. The van der Waals surface area contributed by atoms with Crippen LogP contribution in [0.5, 0.6) is 0 Å². The van der Waals surface area contributed by atoms with Gasteiger partial charge < -0.3 is 4.90 Å². The molecule has 0 unspecified atom stereocenters. The van der Waals surface area contributed by atoms with Gasteiger partial charge in [-0.05, 0) is 39.8 Å². The number of hydrogen-bond acceptors (Lipinski definition) is 1. The fraction of sp³-hybridized carbons (Fsp3) is 1.00. The molecule has 1 heteroatoms. The Balaban J connectivity index is 3.49. The van der Waals surface area contributed by atoms with Crippen LogP contribution < -0.4 is 0 Å². The quantitative estimate of drug-likeness (QED) is 0.531. The second kappa shape index (κ2) is 7.60. The van der Waals surface area contributed by atoms with Crippen molar-refractivity contribution in [3.8, 4) is 0 Å². The van der Waals surface area contributed by atoms with Crippen LogP contribution in [0, 0.1) is 0 Å². The van der Waals surface area contributed by atoms with Crippen molar-refractivity contribution in [1.29, 1.82) is 0 Å². The predicted molar refractivity (Wildman–Crippen MR) is 56.5 cm³/mol. The van der Waals surface area contributed by atoms with Gasteiger partial charge in [0.05, 0.1) is 0 Å². The molecule has 0 bridgehead atoms. The molecule has 0 spiro atoms. The first-order valence-electron chi connectivity index (χ1n) is 5.46. The number of hydrogen-bond donors (Lipinski definition) is 0. The minimum absolute atomic E-state index is 0.724.